The average Bonchev–Trinajstić information content (AvgIpc) is 2.95. The number of hydrogen-bond donors (Lipinski definition) is 2. The van der Waals surface area contributed by atoms with E-state index in [0.717, 1.165) is 10.7 Å². The Labute approximate surface area is 168 Å². The molecule has 0 spiro atoms. The summed E-state index contributed by atoms with van der Waals surface area (Å²) in [5, 5.41) is 5.43. The Morgan fingerprint density at radius 2 is 2.11 bits per heavy atom. The zero-order valence-electron chi connectivity index (χ0n) is 15.7. The van der Waals surface area contributed by atoms with Gasteiger partial charge in [0.15, 0.2) is 9.84 Å². The minimum Gasteiger partial charge on any atom is -0.465 e. The first-order valence-electron chi connectivity index (χ1n) is 8.87. The molecular weight excluding hydrogens is 400 g/mol. The number of amides is 2. The first-order chi connectivity index (χ1) is 13.2. The van der Waals surface area contributed by atoms with Crippen molar-refractivity contribution in [2.75, 3.05) is 16.8 Å². The minimum absolute atomic E-state index is 0.0929. The summed E-state index contributed by atoms with van der Waals surface area (Å²) >= 11 is 1.51. The molecule has 150 valence electrons. The van der Waals surface area contributed by atoms with Gasteiger partial charge in [-0.2, -0.15) is 0 Å². The molecule has 1 aliphatic heterocycles. The molecule has 0 radical (unpaired) electrons. The summed E-state index contributed by atoms with van der Waals surface area (Å²) in [7, 11) is -3.69. The van der Waals surface area contributed by atoms with Crippen molar-refractivity contribution < 1.29 is 22.4 Å². The number of furan rings is 1. The number of hydrogen-bond acceptors (Lipinski definition) is 6. The quantitative estimate of drug-likeness (QED) is 0.742. The van der Waals surface area contributed by atoms with Crippen LogP contribution in [0, 0.1) is 12.8 Å². The largest absolute Gasteiger partial charge is 0.465 e. The van der Waals surface area contributed by atoms with Crippen LogP contribution >= 0.6 is 11.8 Å². The Hall–Kier alpha value is -2.26. The van der Waals surface area contributed by atoms with Gasteiger partial charge in [-0.1, -0.05) is 6.92 Å². The van der Waals surface area contributed by atoms with Crippen LogP contribution in [-0.4, -0.2) is 31.7 Å². The third-order valence-corrected chi connectivity index (χ3v) is 7.31. The molecule has 1 atom stereocenters. The molecule has 2 N–H and O–H groups in total. The van der Waals surface area contributed by atoms with Crippen LogP contribution in [0.25, 0.3) is 0 Å². The molecular formula is C19H22N2O5S2. The van der Waals surface area contributed by atoms with Gasteiger partial charge in [0.05, 0.1) is 22.9 Å². The van der Waals surface area contributed by atoms with Crippen LogP contribution in [0.4, 0.5) is 5.69 Å². The predicted octanol–water partition coefficient (Wildman–Crippen LogP) is 2.75. The number of nitrogens with one attached hydrogen (secondary N) is 2. The molecule has 2 heterocycles. The van der Waals surface area contributed by atoms with E-state index in [4.69, 9.17) is 4.42 Å². The van der Waals surface area contributed by atoms with Crippen LogP contribution in [-0.2, 0) is 26.0 Å². The molecule has 7 nitrogen and oxygen atoms in total. The molecule has 0 saturated heterocycles. The lowest BCUT2D eigenvalue weighted by atomic mass is 10.2. The number of sulfone groups is 1. The third-order valence-electron chi connectivity index (χ3n) is 4.32. The summed E-state index contributed by atoms with van der Waals surface area (Å²) in [6.07, 6.45) is 0.383. The van der Waals surface area contributed by atoms with Crippen LogP contribution in [0.15, 0.2) is 44.5 Å². The van der Waals surface area contributed by atoms with E-state index in [9.17, 15) is 18.0 Å². The average molecular weight is 423 g/mol. The van der Waals surface area contributed by atoms with Crippen LogP contribution in [0.5, 0.6) is 0 Å². The van der Waals surface area contributed by atoms with Crippen molar-refractivity contribution in [1.29, 1.82) is 0 Å². The van der Waals surface area contributed by atoms with Crippen molar-refractivity contribution in [3.8, 4) is 0 Å². The van der Waals surface area contributed by atoms with Crippen LogP contribution in [0.1, 0.15) is 24.9 Å². The fraction of sp³-hybridized carbons (Fsp3) is 0.368. The molecule has 28 heavy (non-hydrogen) atoms. The van der Waals surface area contributed by atoms with Gasteiger partial charge in [0, 0.05) is 23.0 Å². The van der Waals surface area contributed by atoms with Gasteiger partial charge in [-0.25, -0.2) is 8.42 Å². The zero-order valence-corrected chi connectivity index (χ0v) is 17.3. The topological polar surface area (TPSA) is 105 Å². The monoisotopic (exact) mass is 422 g/mol. The number of anilines is 1. The molecule has 0 bridgehead atoms. The maximum absolute atomic E-state index is 12.8. The molecule has 2 amide bonds. The predicted molar refractivity (Wildman–Crippen MR) is 107 cm³/mol. The Balaban J connectivity index is 1.67. The van der Waals surface area contributed by atoms with E-state index in [1.54, 1.807) is 25.1 Å². The number of carbonyl (C=O) groups excluding carboxylic acids is 2. The summed E-state index contributed by atoms with van der Waals surface area (Å²) < 4.78 is 30.9. The highest BCUT2D eigenvalue weighted by atomic mass is 32.2. The van der Waals surface area contributed by atoms with Gasteiger partial charge in [0.25, 0.3) is 0 Å². The number of carbonyl (C=O) groups is 2. The molecule has 9 heteroatoms. The van der Waals surface area contributed by atoms with Crippen molar-refractivity contribution in [3.05, 3.63) is 41.9 Å². The smallest absolute Gasteiger partial charge is 0.225 e. The second-order valence-electron chi connectivity index (χ2n) is 6.72. The van der Waals surface area contributed by atoms with E-state index in [1.807, 2.05) is 6.92 Å². The highest BCUT2D eigenvalue weighted by molar-refractivity contribution is 7.99. The van der Waals surface area contributed by atoms with E-state index in [2.05, 4.69) is 10.6 Å². The van der Waals surface area contributed by atoms with Crippen LogP contribution < -0.4 is 10.6 Å². The molecule has 1 aliphatic rings. The van der Waals surface area contributed by atoms with Crippen molar-refractivity contribution in [2.24, 2.45) is 5.92 Å². The molecule has 1 aromatic carbocycles. The van der Waals surface area contributed by atoms with E-state index in [1.165, 1.54) is 23.9 Å². The highest BCUT2D eigenvalue weighted by Gasteiger charge is 2.25. The Morgan fingerprint density at radius 3 is 2.82 bits per heavy atom. The van der Waals surface area contributed by atoms with Gasteiger partial charge in [0.1, 0.15) is 11.5 Å². The van der Waals surface area contributed by atoms with Gasteiger partial charge in [-0.3, -0.25) is 9.59 Å². The number of benzene rings is 1. The standard InChI is InChI=1S/C19H22N2O5S2/c1-12(19(23)20-10-14-4-3-13(2)26-14)11-28(24,25)15-5-6-17-16(9-15)21-18(22)7-8-27-17/h3-6,9,12H,7-8,10-11H2,1-2H3,(H,20,23)(H,21,22)/t12-/m1/s1. The van der Waals surface area contributed by atoms with Gasteiger partial charge >= 0.3 is 0 Å². The summed E-state index contributed by atoms with van der Waals surface area (Å²) in [6.45, 7) is 3.59. The lowest BCUT2D eigenvalue weighted by molar-refractivity contribution is -0.124. The lowest BCUT2D eigenvalue weighted by Crippen LogP contribution is -2.32. The van der Waals surface area contributed by atoms with E-state index < -0.39 is 15.8 Å². The van der Waals surface area contributed by atoms with Gasteiger partial charge < -0.3 is 15.1 Å². The number of fused-ring (bicyclic) bond motifs is 1. The molecule has 0 aliphatic carbocycles. The summed E-state index contributed by atoms with van der Waals surface area (Å²) in [4.78, 5) is 24.9. The molecule has 0 saturated carbocycles. The fourth-order valence-corrected chi connectivity index (χ4v) is 5.33. The van der Waals surface area contributed by atoms with Gasteiger partial charge in [-0.15, -0.1) is 11.8 Å². The molecule has 0 fully saturated rings. The normalized spacial score (nSPS) is 15.3. The van der Waals surface area contributed by atoms with E-state index in [0.29, 0.717) is 23.6 Å². The SMILES string of the molecule is Cc1ccc(CNC(=O)[C@H](C)CS(=O)(=O)c2ccc3c(c2)NC(=O)CCS3)o1. The van der Waals surface area contributed by atoms with Crippen molar-refractivity contribution in [3.63, 3.8) is 0 Å². The van der Waals surface area contributed by atoms with Gasteiger partial charge in [0.2, 0.25) is 11.8 Å². The Kier molecular flexibility index (Phi) is 6.14. The van der Waals surface area contributed by atoms with E-state index >= 15 is 0 Å². The Bertz CT molecular complexity index is 998. The Morgan fingerprint density at radius 1 is 1.32 bits per heavy atom. The molecule has 2 aromatic rings. The van der Waals surface area contributed by atoms with E-state index in [-0.39, 0.29) is 29.0 Å². The third kappa shape index (κ3) is 4.96. The van der Waals surface area contributed by atoms with Gasteiger partial charge in [-0.05, 0) is 37.3 Å². The van der Waals surface area contributed by atoms with Crippen molar-refractivity contribution in [2.45, 2.75) is 36.6 Å². The van der Waals surface area contributed by atoms with Crippen LogP contribution in [0.2, 0.25) is 0 Å². The molecule has 1 aromatic heterocycles. The summed E-state index contributed by atoms with van der Waals surface area (Å²) in [5.41, 5.74) is 0.499. The number of thioether (sulfide) groups is 1. The summed E-state index contributed by atoms with van der Waals surface area (Å²) in [5.74, 6) is 0.447. The first-order valence-corrected chi connectivity index (χ1v) is 11.5. The maximum atomic E-state index is 12.8. The number of rotatable bonds is 6. The lowest BCUT2D eigenvalue weighted by Gasteiger charge is -2.14. The summed E-state index contributed by atoms with van der Waals surface area (Å²) in [6, 6.07) is 8.25. The molecule has 3 rings (SSSR count). The second kappa shape index (κ2) is 8.40. The maximum Gasteiger partial charge on any atom is 0.225 e. The van der Waals surface area contributed by atoms with Crippen molar-refractivity contribution in [1.82, 2.24) is 5.32 Å². The minimum atomic E-state index is -3.69. The molecule has 0 unspecified atom stereocenters. The fourth-order valence-electron chi connectivity index (χ4n) is 2.82. The highest BCUT2D eigenvalue weighted by Crippen LogP contribution is 2.33. The first kappa shape index (κ1) is 20.5. The second-order valence-corrected chi connectivity index (χ2v) is 9.89. The zero-order chi connectivity index (χ0) is 20.3. The van der Waals surface area contributed by atoms with Crippen molar-refractivity contribution >= 4 is 39.1 Å². The number of aryl methyl sites for hydroxylation is 1. The van der Waals surface area contributed by atoms with Crippen LogP contribution in [0.3, 0.4) is 0 Å².